The Kier molecular flexibility index (Phi) is 5.55. The van der Waals surface area contributed by atoms with Crippen LogP contribution in [0.15, 0.2) is 54.9 Å². The van der Waals surface area contributed by atoms with Crippen LogP contribution in [0.3, 0.4) is 0 Å². The lowest BCUT2D eigenvalue weighted by Gasteiger charge is -2.19. The van der Waals surface area contributed by atoms with E-state index in [1.54, 1.807) is 24.5 Å². The maximum Gasteiger partial charge on any atom is 0.284 e. The van der Waals surface area contributed by atoms with Gasteiger partial charge in [-0.3, -0.25) is 9.78 Å². The van der Waals surface area contributed by atoms with Gasteiger partial charge in [0, 0.05) is 49.0 Å². The van der Waals surface area contributed by atoms with Gasteiger partial charge in [-0.15, -0.1) is 11.3 Å². The first-order valence-electron chi connectivity index (χ1n) is 9.24. The number of carbonyl (C=O) groups is 1. The minimum absolute atomic E-state index is 0.139. The monoisotopic (exact) mass is 378 g/mol. The van der Waals surface area contributed by atoms with Crippen LogP contribution in [0.1, 0.15) is 25.9 Å². The van der Waals surface area contributed by atoms with E-state index in [0.717, 1.165) is 50.3 Å². The van der Waals surface area contributed by atoms with Crippen molar-refractivity contribution in [3.63, 3.8) is 0 Å². The first-order chi connectivity index (χ1) is 13.3. The van der Waals surface area contributed by atoms with E-state index in [0.29, 0.717) is 5.01 Å². The fourth-order valence-corrected chi connectivity index (χ4v) is 4.27. The van der Waals surface area contributed by atoms with E-state index < -0.39 is 0 Å². The van der Waals surface area contributed by atoms with Gasteiger partial charge in [0.1, 0.15) is 0 Å². The molecule has 0 spiro atoms. The molecule has 6 heteroatoms. The van der Waals surface area contributed by atoms with Gasteiger partial charge in [-0.05, 0) is 30.5 Å². The van der Waals surface area contributed by atoms with Gasteiger partial charge >= 0.3 is 0 Å². The third kappa shape index (κ3) is 4.59. The van der Waals surface area contributed by atoms with Crippen LogP contribution in [0.25, 0.3) is 0 Å². The van der Waals surface area contributed by atoms with Gasteiger partial charge < -0.3 is 10.2 Å². The fraction of sp³-hybridized carbons (Fsp3) is 0.286. The molecule has 0 saturated heterocycles. The Hall–Kier alpha value is -2.57. The van der Waals surface area contributed by atoms with Crippen LogP contribution in [-0.2, 0) is 19.3 Å². The number of nitrogens with one attached hydrogen (secondary N) is 1. The highest BCUT2D eigenvalue weighted by atomic mass is 32.1. The molecule has 3 heterocycles. The minimum Gasteiger partial charge on any atom is -0.320 e. The molecule has 0 aliphatic carbocycles. The number of thiazole rings is 1. The first-order valence-corrected chi connectivity index (χ1v) is 10.1. The number of fused-ring (bicyclic) bond motifs is 1. The highest BCUT2D eigenvalue weighted by molar-refractivity contribution is 7.13. The van der Waals surface area contributed by atoms with Gasteiger partial charge in [-0.25, -0.2) is 4.98 Å². The van der Waals surface area contributed by atoms with Crippen molar-refractivity contribution < 1.29 is 4.79 Å². The largest absolute Gasteiger partial charge is 0.320 e. The third-order valence-corrected chi connectivity index (χ3v) is 5.95. The van der Waals surface area contributed by atoms with E-state index in [9.17, 15) is 4.79 Å². The third-order valence-electron chi connectivity index (χ3n) is 4.79. The number of carbonyl (C=O) groups excluding carboxylic acids is 1. The number of pyridine rings is 1. The summed E-state index contributed by atoms with van der Waals surface area (Å²) < 4.78 is 0. The zero-order valence-corrected chi connectivity index (χ0v) is 15.9. The second kappa shape index (κ2) is 8.41. The van der Waals surface area contributed by atoms with E-state index in [2.05, 4.69) is 50.5 Å². The Labute approximate surface area is 163 Å². The molecule has 0 atom stereocenters. The van der Waals surface area contributed by atoms with Gasteiger partial charge in [0.15, 0.2) is 5.01 Å². The lowest BCUT2D eigenvalue weighted by Crippen LogP contribution is -2.28. The van der Waals surface area contributed by atoms with E-state index in [1.807, 2.05) is 0 Å². The molecule has 2 aromatic heterocycles. The molecule has 0 radical (unpaired) electrons. The molecule has 3 aromatic rings. The van der Waals surface area contributed by atoms with Gasteiger partial charge in [-0.2, -0.15) is 0 Å². The number of aromatic nitrogens is 2. The van der Waals surface area contributed by atoms with Crippen molar-refractivity contribution >= 4 is 22.9 Å². The maximum atomic E-state index is 12.4. The van der Waals surface area contributed by atoms with Crippen molar-refractivity contribution in [1.29, 1.82) is 0 Å². The molecular formula is C21H22N4OS. The summed E-state index contributed by atoms with van der Waals surface area (Å²) in [6, 6.07) is 14.2. The number of benzene rings is 1. The summed E-state index contributed by atoms with van der Waals surface area (Å²) in [6.07, 6.45) is 6.27. The molecule has 4 rings (SSSR count). The molecule has 1 aliphatic heterocycles. The Morgan fingerprint density at radius 1 is 1.07 bits per heavy atom. The Morgan fingerprint density at radius 2 is 1.85 bits per heavy atom. The molecule has 1 amide bonds. The Bertz CT molecular complexity index is 870. The molecule has 1 aliphatic rings. The van der Waals surface area contributed by atoms with E-state index in [4.69, 9.17) is 0 Å². The van der Waals surface area contributed by atoms with Crippen molar-refractivity contribution in [2.45, 2.75) is 19.3 Å². The van der Waals surface area contributed by atoms with Crippen LogP contribution in [0.2, 0.25) is 0 Å². The van der Waals surface area contributed by atoms with Crippen LogP contribution in [0.5, 0.6) is 0 Å². The first kappa shape index (κ1) is 17.8. The second-order valence-corrected chi connectivity index (χ2v) is 7.74. The van der Waals surface area contributed by atoms with Crippen LogP contribution < -0.4 is 5.32 Å². The van der Waals surface area contributed by atoms with Gasteiger partial charge in [0.05, 0.1) is 5.69 Å². The Balaban J connectivity index is 1.34. The molecule has 5 nitrogen and oxygen atoms in total. The van der Waals surface area contributed by atoms with Crippen molar-refractivity contribution in [3.8, 4) is 0 Å². The van der Waals surface area contributed by atoms with E-state index >= 15 is 0 Å². The van der Waals surface area contributed by atoms with Gasteiger partial charge in [0.2, 0.25) is 0 Å². The Morgan fingerprint density at radius 3 is 2.67 bits per heavy atom. The van der Waals surface area contributed by atoms with Crippen LogP contribution in [0, 0.1) is 0 Å². The fourth-order valence-electron chi connectivity index (χ4n) is 3.28. The number of anilines is 1. The summed E-state index contributed by atoms with van der Waals surface area (Å²) in [5.41, 5.74) is 3.21. The van der Waals surface area contributed by atoms with Crippen LogP contribution >= 0.6 is 11.3 Å². The highest BCUT2D eigenvalue weighted by Crippen LogP contribution is 2.24. The van der Waals surface area contributed by atoms with Gasteiger partial charge in [-0.1, -0.05) is 30.3 Å². The molecule has 1 aromatic carbocycles. The lowest BCUT2D eigenvalue weighted by molar-refractivity contribution is 0.102. The van der Waals surface area contributed by atoms with Gasteiger partial charge in [0.25, 0.3) is 5.91 Å². The predicted octanol–water partition coefficient (Wildman–Crippen LogP) is 3.43. The van der Waals surface area contributed by atoms with Crippen molar-refractivity contribution in [1.82, 2.24) is 14.9 Å². The van der Waals surface area contributed by atoms with Crippen molar-refractivity contribution in [2.75, 3.05) is 25.0 Å². The normalized spacial score (nSPS) is 14.4. The van der Waals surface area contributed by atoms with Crippen LogP contribution in [0.4, 0.5) is 5.69 Å². The molecule has 0 saturated carbocycles. The zero-order valence-electron chi connectivity index (χ0n) is 15.1. The molecule has 0 bridgehead atoms. The topological polar surface area (TPSA) is 58.1 Å². The zero-order chi connectivity index (χ0) is 18.5. The average Bonchev–Trinajstić information content (AvgIpc) is 3.03. The molecule has 138 valence electrons. The summed E-state index contributed by atoms with van der Waals surface area (Å²) in [4.78, 5) is 24.8. The molecule has 0 unspecified atom stereocenters. The standard InChI is InChI=1S/C21H22N4OS/c26-20(23-17-6-11-22-12-7-17)21-24-18-9-14-25(15-10-19(18)27-21)13-8-16-4-2-1-3-5-16/h1-7,11-12H,8-10,13-15H2,(H,22,23,26). The molecule has 27 heavy (non-hydrogen) atoms. The molecular weight excluding hydrogens is 356 g/mol. The lowest BCUT2D eigenvalue weighted by atomic mass is 10.1. The summed E-state index contributed by atoms with van der Waals surface area (Å²) in [7, 11) is 0. The summed E-state index contributed by atoms with van der Waals surface area (Å²) in [5.74, 6) is -0.139. The SMILES string of the molecule is O=C(Nc1ccncc1)c1nc2c(s1)CCN(CCc1ccccc1)CC2. The smallest absolute Gasteiger partial charge is 0.284 e. The summed E-state index contributed by atoms with van der Waals surface area (Å²) in [6.45, 7) is 3.08. The molecule has 0 fully saturated rings. The van der Waals surface area contributed by atoms with Crippen LogP contribution in [-0.4, -0.2) is 40.4 Å². The number of rotatable bonds is 5. The average molecular weight is 379 g/mol. The highest BCUT2D eigenvalue weighted by Gasteiger charge is 2.21. The quantitative estimate of drug-likeness (QED) is 0.739. The van der Waals surface area contributed by atoms with E-state index in [1.165, 1.54) is 21.8 Å². The van der Waals surface area contributed by atoms with Crippen molar-refractivity contribution in [3.05, 3.63) is 76.0 Å². The number of amides is 1. The number of hydrogen-bond donors (Lipinski definition) is 1. The van der Waals surface area contributed by atoms with E-state index in [-0.39, 0.29) is 5.91 Å². The number of hydrogen-bond acceptors (Lipinski definition) is 5. The second-order valence-electron chi connectivity index (χ2n) is 6.66. The summed E-state index contributed by atoms with van der Waals surface area (Å²) in [5, 5.41) is 3.44. The minimum atomic E-state index is -0.139. The predicted molar refractivity (Wildman–Crippen MR) is 108 cm³/mol. The van der Waals surface area contributed by atoms with Crippen molar-refractivity contribution in [2.24, 2.45) is 0 Å². The number of nitrogens with zero attached hydrogens (tertiary/aromatic N) is 3. The summed E-state index contributed by atoms with van der Waals surface area (Å²) >= 11 is 1.53. The maximum absolute atomic E-state index is 12.4. The molecule has 1 N–H and O–H groups in total.